The maximum absolute atomic E-state index is 10.6. The van der Waals surface area contributed by atoms with E-state index >= 15 is 0 Å². The quantitative estimate of drug-likeness (QED) is 0.807. The predicted octanol–water partition coefficient (Wildman–Crippen LogP) is 1.57. The third-order valence-corrected chi connectivity index (χ3v) is 2.41. The number of halogens is 1. The number of nitrogens with two attached hydrogens (primary N) is 1. The van der Waals surface area contributed by atoms with Crippen molar-refractivity contribution in [3.05, 3.63) is 29.5 Å². The number of nitrogens with zero attached hydrogens (tertiary/aromatic N) is 2. The Kier molecular flexibility index (Phi) is 3.39. The van der Waals surface area contributed by atoms with E-state index in [1.807, 2.05) is 24.3 Å². The second-order valence-electron chi connectivity index (χ2n) is 3.50. The second kappa shape index (κ2) is 4.97. The number of para-hydroxylation sites is 1. The van der Waals surface area contributed by atoms with Gasteiger partial charge in [-0.15, -0.1) is 0 Å². The van der Waals surface area contributed by atoms with E-state index < -0.39 is 0 Å². The number of carbonyl (C=O) groups is 1. The first-order chi connectivity index (χ1) is 8.16. The molecule has 0 saturated carbocycles. The van der Waals surface area contributed by atoms with E-state index in [1.54, 1.807) is 0 Å². The average Bonchev–Trinajstić information content (AvgIpc) is 2.28. The highest BCUT2D eigenvalue weighted by atomic mass is 35.5. The molecular formula is C11H11ClN4O. The van der Waals surface area contributed by atoms with Crippen LogP contribution in [0, 0.1) is 0 Å². The lowest BCUT2D eigenvalue weighted by Gasteiger charge is -2.07. The lowest BCUT2D eigenvalue weighted by Crippen LogP contribution is -2.16. The summed E-state index contributed by atoms with van der Waals surface area (Å²) >= 11 is 5.81. The van der Waals surface area contributed by atoms with Crippen LogP contribution >= 0.6 is 11.6 Å². The van der Waals surface area contributed by atoms with Gasteiger partial charge in [0.1, 0.15) is 5.82 Å². The molecule has 1 amide bonds. The van der Waals surface area contributed by atoms with Crippen LogP contribution in [-0.2, 0) is 4.79 Å². The zero-order valence-corrected chi connectivity index (χ0v) is 9.74. The molecule has 1 heterocycles. The molecule has 88 valence electrons. The van der Waals surface area contributed by atoms with Gasteiger partial charge in [-0.3, -0.25) is 4.79 Å². The minimum Gasteiger partial charge on any atom is -0.370 e. The fourth-order valence-corrected chi connectivity index (χ4v) is 1.66. The number of hydrogen-bond acceptors (Lipinski definition) is 4. The Morgan fingerprint density at radius 3 is 2.88 bits per heavy atom. The van der Waals surface area contributed by atoms with Crippen LogP contribution in [0.15, 0.2) is 24.3 Å². The van der Waals surface area contributed by atoms with E-state index in [2.05, 4.69) is 15.3 Å². The number of carbonyl (C=O) groups excluding carboxylic acids is 1. The van der Waals surface area contributed by atoms with Crippen molar-refractivity contribution in [3.63, 3.8) is 0 Å². The fourth-order valence-electron chi connectivity index (χ4n) is 1.49. The van der Waals surface area contributed by atoms with Crippen molar-refractivity contribution in [2.24, 2.45) is 5.73 Å². The van der Waals surface area contributed by atoms with Crippen LogP contribution in [0.1, 0.15) is 6.42 Å². The van der Waals surface area contributed by atoms with Gasteiger partial charge in [-0.25, -0.2) is 9.97 Å². The number of hydrogen-bond donors (Lipinski definition) is 2. The van der Waals surface area contributed by atoms with Crippen molar-refractivity contribution in [1.82, 2.24) is 9.97 Å². The Morgan fingerprint density at radius 2 is 2.12 bits per heavy atom. The SMILES string of the molecule is NC(=O)CCNc1nc(Cl)nc2ccccc12. The highest BCUT2D eigenvalue weighted by Gasteiger charge is 2.05. The number of nitrogens with one attached hydrogen (secondary N) is 1. The Labute approximate surface area is 103 Å². The number of fused-ring (bicyclic) bond motifs is 1. The molecule has 5 nitrogen and oxygen atoms in total. The van der Waals surface area contributed by atoms with Crippen LogP contribution in [0.5, 0.6) is 0 Å². The van der Waals surface area contributed by atoms with Crippen molar-refractivity contribution in [1.29, 1.82) is 0 Å². The van der Waals surface area contributed by atoms with Crippen molar-refractivity contribution < 1.29 is 4.79 Å². The largest absolute Gasteiger partial charge is 0.370 e. The second-order valence-corrected chi connectivity index (χ2v) is 3.84. The summed E-state index contributed by atoms with van der Waals surface area (Å²) in [5.74, 6) is 0.254. The van der Waals surface area contributed by atoms with Crippen LogP contribution in [0.25, 0.3) is 10.9 Å². The van der Waals surface area contributed by atoms with E-state index in [1.165, 1.54) is 0 Å². The fraction of sp³-hybridized carbons (Fsp3) is 0.182. The molecule has 0 aliphatic carbocycles. The topological polar surface area (TPSA) is 80.9 Å². The zero-order chi connectivity index (χ0) is 12.3. The maximum atomic E-state index is 10.6. The molecule has 2 rings (SSSR count). The molecular weight excluding hydrogens is 240 g/mol. The molecule has 2 aromatic rings. The molecule has 0 spiro atoms. The summed E-state index contributed by atoms with van der Waals surface area (Å²) in [4.78, 5) is 18.8. The summed E-state index contributed by atoms with van der Waals surface area (Å²) in [6.07, 6.45) is 0.246. The standard InChI is InChI=1S/C11H11ClN4O/c12-11-15-8-4-2-1-3-7(8)10(16-11)14-6-5-9(13)17/h1-4H,5-6H2,(H2,13,17)(H,14,15,16). The molecule has 0 fully saturated rings. The molecule has 0 bridgehead atoms. The molecule has 0 atom stereocenters. The molecule has 0 radical (unpaired) electrons. The predicted molar refractivity (Wildman–Crippen MR) is 66.8 cm³/mol. The van der Waals surface area contributed by atoms with Gasteiger partial charge in [0.2, 0.25) is 11.2 Å². The third kappa shape index (κ3) is 2.82. The molecule has 0 unspecified atom stereocenters. The molecule has 17 heavy (non-hydrogen) atoms. The van der Waals surface area contributed by atoms with Gasteiger partial charge >= 0.3 is 0 Å². The first kappa shape index (κ1) is 11.6. The number of rotatable bonds is 4. The molecule has 0 aliphatic heterocycles. The van der Waals surface area contributed by atoms with Gasteiger partial charge in [-0.1, -0.05) is 12.1 Å². The normalized spacial score (nSPS) is 10.4. The highest BCUT2D eigenvalue weighted by molar-refractivity contribution is 6.28. The first-order valence-electron chi connectivity index (χ1n) is 5.11. The monoisotopic (exact) mass is 250 g/mol. The Balaban J connectivity index is 2.29. The van der Waals surface area contributed by atoms with Crippen LogP contribution < -0.4 is 11.1 Å². The summed E-state index contributed by atoms with van der Waals surface area (Å²) in [5.41, 5.74) is 5.82. The van der Waals surface area contributed by atoms with Crippen molar-refractivity contribution in [2.45, 2.75) is 6.42 Å². The molecule has 0 saturated heterocycles. The number of amides is 1. The average molecular weight is 251 g/mol. The molecule has 1 aromatic carbocycles. The smallest absolute Gasteiger partial charge is 0.224 e. The summed E-state index contributed by atoms with van der Waals surface area (Å²) in [5, 5.41) is 4.06. The van der Waals surface area contributed by atoms with Crippen LogP contribution in [0.4, 0.5) is 5.82 Å². The maximum Gasteiger partial charge on any atom is 0.224 e. The van der Waals surface area contributed by atoms with Gasteiger partial charge < -0.3 is 11.1 Å². The molecule has 1 aromatic heterocycles. The van der Waals surface area contributed by atoms with Crippen molar-refractivity contribution >= 4 is 34.2 Å². The van der Waals surface area contributed by atoms with E-state index in [9.17, 15) is 4.79 Å². The summed E-state index contributed by atoms with van der Waals surface area (Å²) in [6, 6.07) is 7.50. The number of aromatic nitrogens is 2. The Hall–Kier alpha value is -1.88. The summed E-state index contributed by atoms with van der Waals surface area (Å²) < 4.78 is 0. The van der Waals surface area contributed by atoms with Crippen LogP contribution in [0.3, 0.4) is 0 Å². The van der Waals surface area contributed by atoms with Gasteiger partial charge in [0.15, 0.2) is 0 Å². The van der Waals surface area contributed by atoms with Gasteiger partial charge in [-0.05, 0) is 23.7 Å². The zero-order valence-electron chi connectivity index (χ0n) is 8.98. The van der Waals surface area contributed by atoms with E-state index in [-0.39, 0.29) is 17.6 Å². The number of benzene rings is 1. The highest BCUT2D eigenvalue weighted by Crippen LogP contribution is 2.21. The van der Waals surface area contributed by atoms with Crippen LogP contribution in [-0.4, -0.2) is 22.4 Å². The first-order valence-corrected chi connectivity index (χ1v) is 5.49. The van der Waals surface area contributed by atoms with Crippen molar-refractivity contribution in [3.8, 4) is 0 Å². The van der Waals surface area contributed by atoms with Gasteiger partial charge in [0.05, 0.1) is 5.52 Å². The van der Waals surface area contributed by atoms with Gasteiger partial charge in [0, 0.05) is 18.4 Å². The van der Waals surface area contributed by atoms with E-state index in [0.29, 0.717) is 12.4 Å². The van der Waals surface area contributed by atoms with E-state index in [4.69, 9.17) is 17.3 Å². The third-order valence-electron chi connectivity index (χ3n) is 2.24. The number of primary amides is 1. The van der Waals surface area contributed by atoms with Crippen molar-refractivity contribution in [2.75, 3.05) is 11.9 Å². The van der Waals surface area contributed by atoms with Gasteiger partial charge in [-0.2, -0.15) is 0 Å². The number of anilines is 1. The Bertz CT molecular complexity index is 558. The minimum absolute atomic E-state index is 0.172. The van der Waals surface area contributed by atoms with Gasteiger partial charge in [0.25, 0.3) is 0 Å². The molecule has 0 aliphatic rings. The minimum atomic E-state index is -0.359. The lowest BCUT2D eigenvalue weighted by atomic mass is 10.2. The summed E-state index contributed by atoms with van der Waals surface area (Å²) in [7, 11) is 0. The molecule has 3 N–H and O–H groups in total. The Morgan fingerprint density at radius 1 is 1.35 bits per heavy atom. The van der Waals surface area contributed by atoms with E-state index in [0.717, 1.165) is 10.9 Å². The van der Waals surface area contributed by atoms with Crippen LogP contribution in [0.2, 0.25) is 5.28 Å². The molecule has 6 heteroatoms. The summed E-state index contributed by atoms with van der Waals surface area (Å²) in [6.45, 7) is 0.423. The lowest BCUT2D eigenvalue weighted by molar-refractivity contribution is -0.117.